The first-order valence-corrected chi connectivity index (χ1v) is 7.54. The summed E-state index contributed by atoms with van der Waals surface area (Å²) in [7, 11) is 1.38. The molecule has 0 aliphatic carbocycles. The molecule has 1 aromatic heterocycles. The first kappa shape index (κ1) is 15.5. The number of nitrogens with zero attached hydrogens (tertiary/aromatic N) is 1. The van der Waals surface area contributed by atoms with Crippen LogP contribution in [0, 0.1) is 23.7 Å². The number of nitrogens with two attached hydrogens (primary N) is 1. The lowest BCUT2D eigenvalue weighted by Gasteiger charge is -2.14. The van der Waals surface area contributed by atoms with Gasteiger partial charge in [-0.25, -0.2) is 0 Å². The Morgan fingerprint density at radius 3 is 2.90 bits per heavy atom. The molecular formula is C15H18N2O3S. The average molecular weight is 306 g/mol. The maximum atomic E-state index is 12.4. The third-order valence-electron chi connectivity index (χ3n) is 3.53. The van der Waals surface area contributed by atoms with E-state index in [4.69, 9.17) is 10.5 Å². The smallest absolute Gasteiger partial charge is 0.310 e. The van der Waals surface area contributed by atoms with Gasteiger partial charge in [0.25, 0.3) is 5.91 Å². The number of thiophene rings is 1. The lowest BCUT2D eigenvalue weighted by molar-refractivity contribution is -0.146. The topological polar surface area (TPSA) is 72.6 Å². The van der Waals surface area contributed by atoms with Crippen LogP contribution in [0.4, 0.5) is 0 Å². The zero-order valence-corrected chi connectivity index (χ0v) is 12.9. The predicted octanol–water partition coefficient (Wildman–Crippen LogP) is 0.939. The van der Waals surface area contributed by atoms with E-state index in [-0.39, 0.29) is 23.7 Å². The standard InChI is InChI=1S/C15H18N2O3S/c1-10-8-17(9-12(10)15(19)20-2)14(18)13-6-5-11(21-13)4-3-7-16/h5-6,10,12H,7-9,16H2,1-2H3. The van der Waals surface area contributed by atoms with Gasteiger partial charge in [0.05, 0.1) is 29.3 Å². The van der Waals surface area contributed by atoms with Crippen LogP contribution in [0.25, 0.3) is 0 Å². The van der Waals surface area contributed by atoms with Gasteiger partial charge in [-0.3, -0.25) is 9.59 Å². The minimum Gasteiger partial charge on any atom is -0.469 e. The van der Waals surface area contributed by atoms with Crippen LogP contribution in [-0.4, -0.2) is 43.5 Å². The summed E-state index contributed by atoms with van der Waals surface area (Å²) >= 11 is 1.35. The van der Waals surface area contributed by atoms with Crippen molar-refractivity contribution in [3.05, 3.63) is 21.9 Å². The molecule has 112 valence electrons. The molecule has 2 rings (SSSR count). The Bertz CT molecular complexity index is 600. The van der Waals surface area contributed by atoms with Crippen LogP contribution in [0.1, 0.15) is 21.5 Å². The van der Waals surface area contributed by atoms with Crippen LogP contribution >= 0.6 is 11.3 Å². The first-order valence-electron chi connectivity index (χ1n) is 6.72. The summed E-state index contributed by atoms with van der Waals surface area (Å²) in [5.74, 6) is 5.24. The molecule has 0 bridgehead atoms. The predicted molar refractivity (Wildman–Crippen MR) is 80.8 cm³/mol. The Labute approximate surface area is 128 Å². The summed E-state index contributed by atoms with van der Waals surface area (Å²) in [5, 5.41) is 0. The number of amides is 1. The summed E-state index contributed by atoms with van der Waals surface area (Å²) < 4.78 is 4.78. The van der Waals surface area contributed by atoms with Gasteiger partial charge < -0.3 is 15.4 Å². The van der Waals surface area contributed by atoms with E-state index in [1.54, 1.807) is 11.0 Å². The van der Waals surface area contributed by atoms with E-state index in [9.17, 15) is 9.59 Å². The van der Waals surface area contributed by atoms with Gasteiger partial charge in [-0.1, -0.05) is 18.8 Å². The van der Waals surface area contributed by atoms with E-state index in [0.717, 1.165) is 4.88 Å². The Morgan fingerprint density at radius 2 is 2.24 bits per heavy atom. The summed E-state index contributed by atoms with van der Waals surface area (Å²) in [5.41, 5.74) is 5.33. The van der Waals surface area contributed by atoms with Gasteiger partial charge in [-0.15, -0.1) is 11.3 Å². The van der Waals surface area contributed by atoms with Crippen LogP contribution < -0.4 is 5.73 Å². The van der Waals surface area contributed by atoms with E-state index in [2.05, 4.69) is 11.8 Å². The van der Waals surface area contributed by atoms with Crippen molar-refractivity contribution in [3.8, 4) is 11.8 Å². The zero-order chi connectivity index (χ0) is 15.4. The third-order valence-corrected chi connectivity index (χ3v) is 4.52. The fourth-order valence-electron chi connectivity index (χ4n) is 2.40. The van der Waals surface area contributed by atoms with Gasteiger partial charge in [-0.2, -0.15) is 0 Å². The van der Waals surface area contributed by atoms with E-state index in [0.29, 0.717) is 24.5 Å². The minimum absolute atomic E-state index is 0.0564. The molecule has 0 saturated carbocycles. The molecular weight excluding hydrogens is 288 g/mol. The second-order valence-electron chi connectivity index (χ2n) is 4.99. The molecule has 1 fully saturated rings. The molecule has 2 unspecified atom stereocenters. The summed E-state index contributed by atoms with van der Waals surface area (Å²) in [4.78, 5) is 27.3. The van der Waals surface area contributed by atoms with E-state index in [1.165, 1.54) is 18.4 Å². The SMILES string of the molecule is COC(=O)C1CN(C(=O)c2ccc(C#CCN)s2)CC1C. The molecule has 1 saturated heterocycles. The van der Waals surface area contributed by atoms with Crippen molar-refractivity contribution in [2.45, 2.75) is 6.92 Å². The number of hydrogen-bond acceptors (Lipinski definition) is 5. The van der Waals surface area contributed by atoms with Crippen LogP contribution in [-0.2, 0) is 9.53 Å². The second-order valence-corrected chi connectivity index (χ2v) is 6.07. The molecule has 1 aromatic rings. The van der Waals surface area contributed by atoms with E-state index < -0.39 is 0 Å². The van der Waals surface area contributed by atoms with Gasteiger partial charge >= 0.3 is 5.97 Å². The fraction of sp³-hybridized carbons (Fsp3) is 0.467. The Kier molecular flexibility index (Phi) is 4.99. The lowest BCUT2D eigenvalue weighted by atomic mass is 9.99. The van der Waals surface area contributed by atoms with Crippen molar-refractivity contribution in [1.82, 2.24) is 4.90 Å². The maximum Gasteiger partial charge on any atom is 0.310 e. The molecule has 1 aliphatic rings. The Balaban J connectivity index is 2.07. The minimum atomic E-state index is -0.251. The van der Waals surface area contributed by atoms with Crippen molar-refractivity contribution in [1.29, 1.82) is 0 Å². The summed E-state index contributed by atoms with van der Waals surface area (Å²) in [6.45, 7) is 3.24. The fourth-order valence-corrected chi connectivity index (χ4v) is 3.25. The number of esters is 1. The molecule has 21 heavy (non-hydrogen) atoms. The highest BCUT2D eigenvalue weighted by atomic mass is 32.1. The largest absolute Gasteiger partial charge is 0.469 e. The summed E-state index contributed by atoms with van der Waals surface area (Å²) in [6.07, 6.45) is 0. The highest BCUT2D eigenvalue weighted by molar-refractivity contribution is 7.14. The second kappa shape index (κ2) is 6.74. The number of likely N-dealkylation sites (tertiary alicyclic amines) is 1. The van der Waals surface area contributed by atoms with Crippen molar-refractivity contribution < 1.29 is 14.3 Å². The molecule has 0 spiro atoms. The number of rotatable bonds is 2. The lowest BCUT2D eigenvalue weighted by Crippen LogP contribution is -2.29. The van der Waals surface area contributed by atoms with E-state index in [1.807, 2.05) is 13.0 Å². The van der Waals surface area contributed by atoms with Gasteiger partial charge in [0.1, 0.15) is 0 Å². The quantitative estimate of drug-likeness (QED) is 0.652. The van der Waals surface area contributed by atoms with E-state index >= 15 is 0 Å². The molecule has 5 nitrogen and oxygen atoms in total. The van der Waals surface area contributed by atoms with Crippen molar-refractivity contribution in [2.75, 3.05) is 26.7 Å². The molecule has 0 radical (unpaired) electrons. The zero-order valence-electron chi connectivity index (χ0n) is 12.1. The highest BCUT2D eigenvalue weighted by Gasteiger charge is 2.38. The molecule has 1 amide bonds. The molecule has 2 N–H and O–H groups in total. The normalized spacial score (nSPS) is 20.8. The van der Waals surface area contributed by atoms with Crippen LogP contribution in [0.2, 0.25) is 0 Å². The highest BCUT2D eigenvalue weighted by Crippen LogP contribution is 2.27. The van der Waals surface area contributed by atoms with Gasteiger partial charge in [0, 0.05) is 13.1 Å². The maximum absolute atomic E-state index is 12.4. The van der Waals surface area contributed by atoms with Crippen molar-refractivity contribution in [3.63, 3.8) is 0 Å². The first-order chi connectivity index (χ1) is 10.1. The molecule has 6 heteroatoms. The number of methoxy groups -OCH3 is 1. The molecule has 0 aromatic carbocycles. The average Bonchev–Trinajstić information content (AvgIpc) is 3.10. The molecule has 2 atom stereocenters. The molecule has 2 heterocycles. The molecule has 1 aliphatic heterocycles. The number of hydrogen-bond donors (Lipinski definition) is 1. The van der Waals surface area contributed by atoms with Crippen molar-refractivity contribution in [2.24, 2.45) is 17.6 Å². The van der Waals surface area contributed by atoms with Gasteiger partial charge in [0.2, 0.25) is 0 Å². The van der Waals surface area contributed by atoms with Gasteiger partial charge in [-0.05, 0) is 18.1 Å². The number of carbonyl (C=O) groups is 2. The Morgan fingerprint density at radius 1 is 1.48 bits per heavy atom. The number of ether oxygens (including phenoxy) is 1. The summed E-state index contributed by atoms with van der Waals surface area (Å²) in [6, 6.07) is 3.58. The number of carbonyl (C=O) groups excluding carboxylic acids is 2. The van der Waals surface area contributed by atoms with Crippen LogP contribution in [0.15, 0.2) is 12.1 Å². The van der Waals surface area contributed by atoms with Gasteiger partial charge in [0.15, 0.2) is 0 Å². The van der Waals surface area contributed by atoms with Crippen LogP contribution in [0.3, 0.4) is 0 Å². The monoisotopic (exact) mass is 306 g/mol. The van der Waals surface area contributed by atoms with Crippen LogP contribution in [0.5, 0.6) is 0 Å². The van der Waals surface area contributed by atoms with Crippen molar-refractivity contribution >= 4 is 23.2 Å². The Hall–Kier alpha value is -1.84. The third kappa shape index (κ3) is 3.43.